The first-order chi connectivity index (χ1) is 10.8. The van der Waals surface area contributed by atoms with Gasteiger partial charge in [0.1, 0.15) is 0 Å². The number of nitrogens with zero attached hydrogens (tertiary/aromatic N) is 1. The minimum absolute atomic E-state index is 0.323. The summed E-state index contributed by atoms with van der Waals surface area (Å²) in [6, 6.07) is 9.28. The molecule has 3 heterocycles. The highest BCUT2D eigenvalue weighted by Crippen LogP contribution is 2.50. The van der Waals surface area contributed by atoms with Gasteiger partial charge in [-0.25, -0.2) is 0 Å². The summed E-state index contributed by atoms with van der Waals surface area (Å²) in [7, 11) is 0. The standard InChI is InChI=1S/C19H26N2O/c1-2-19(9-5-11-22)12-17-18-15(8-10-21(17)13-19)14-6-3-4-7-16(14)20-18/h3-4,6-7,17,20,22H,2,5,8-13H2,1H3/t17-,19+/m1/s1. The van der Waals surface area contributed by atoms with E-state index in [1.807, 2.05) is 0 Å². The molecule has 2 aliphatic heterocycles. The van der Waals surface area contributed by atoms with Crippen LogP contribution >= 0.6 is 0 Å². The van der Waals surface area contributed by atoms with Crippen LogP contribution in [0, 0.1) is 5.41 Å². The normalized spacial score (nSPS) is 28.0. The summed E-state index contributed by atoms with van der Waals surface area (Å²) in [6.45, 7) is 5.02. The van der Waals surface area contributed by atoms with Crippen LogP contribution in [0.4, 0.5) is 0 Å². The number of H-pyrrole nitrogens is 1. The summed E-state index contributed by atoms with van der Waals surface area (Å²) in [4.78, 5) is 6.39. The average Bonchev–Trinajstić information content (AvgIpc) is 3.11. The van der Waals surface area contributed by atoms with Crippen LogP contribution in [-0.2, 0) is 6.42 Å². The molecule has 1 aromatic carbocycles. The second-order valence-corrected chi connectivity index (χ2v) is 7.18. The first-order valence-corrected chi connectivity index (χ1v) is 8.71. The third-order valence-corrected chi connectivity index (χ3v) is 6.05. The molecule has 0 radical (unpaired) electrons. The van der Waals surface area contributed by atoms with Gasteiger partial charge in [0, 0.05) is 36.3 Å². The van der Waals surface area contributed by atoms with Gasteiger partial charge in [0.15, 0.2) is 0 Å². The van der Waals surface area contributed by atoms with Crippen LogP contribution < -0.4 is 0 Å². The number of aliphatic hydroxyl groups is 1. The van der Waals surface area contributed by atoms with Crippen LogP contribution in [0.25, 0.3) is 10.9 Å². The lowest BCUT2D eigenvalue weighted by molar-refractivity contribution is 0.193. The summed E-state index contributed by atoms with van der Waals surface area (Å²) < 4.78 is 0. The Morgan fingerprint density at radius 3 is 3.05 bits per heavy atom. The van der Waals surface area contributed by atoms with Gasteiger partial charge < -0.3 is 10.1 Å². The summed E-state index contributed by atoms with van der Waals surface area (Å²) >= 11 is 0. The lowest BCUT2D eigenvalue weighted by atomic mass is 9.78. The summed E-state index contributed by atoms with van der Waals surface area (Å²) in [5.74, 6) is 0. The Morgan fingerprint density at radius 1 is 1.36 bits per heavy atom. The van der Waals surface area contributed by atoms with Gasteiger partial charge >= 0.3 is 0 Å². The van der Waals surface area contributed by atoms with Gasteiger partial charge in [-0.05, 0) is 49.1 Å². The molecule has 2 N–H and O–H groups in total. The fourth-order valence-electron chi connectivity index (χ4n) is 4.76. The van der Waals surface area contributed by atoms with Gasteiger partial charge in [0.2, 0.25) is 0 Å². The van der Waals surface area contributed by atoms with Crippen molar-refractivity contribution in [3.8, 4) is 0 Å². The van der Waals surface area contributed by atoms with Crippen molar-refractivity contribution in [2.75, 3.05) is 19.7 Å². The number of para-hydroxylation sites is 1. The zero-order valence-electron chi connectivity index (χ0n) is 13.4. The fourth-order valence-corrected chi connectivity index (χ4v) is 4.76. The Bertz CT molecular complexity index is 677. The third-order valence-electron chi connectivity index (χ3n) is 6.05. The van der Waals surface area contributed by atoms with Crippen LogP contribution in [0.1, 0.15) is 49.9 Å². The molecule has 0 unspecified atom stereocenters. The molecule has 3 heteroatoms. The van der Waals surface area contributed by atoms with E-state index in [1.165, 1.54) is 42.5 Å². The van der Waals surface area contributed by atoms with E-state index in [0.29, 0.717) is 18.1 Å². The molecule has 2 aromatic rings. The van der Waals surface area contributed by atoms with Crippen LogP contribution in [-0.4, -0.2) is 34.7 Å². The Hall–Kier alpha value is -1.32. The maximum Gasteiger partial charge on any atom is 0.0507 e. The number of hydrogen-bond acceptors (Lipinski definition) is 2. The molecule has 0 amide bonds. The lowest BCUT2D eigenvalue weighted by Crippen LogP contribution is -2.32. The molecular weight excluding hydrogens is 272 g/mol. The molecule has 2 atom stereocenters. The molecule has 4 rings (SSSR count). The molecule has 0 spiro atoms. The van der Waals surface area contributed by atoms with E-state index in [4.69, 9.17) is 0 Å². The Balaban J connectivity index is 1.70. The maximum atomic E-state index is 9.23. The van der Waals surface area contributed by atoms with Crippen molar-refractivity contribution in [3.05, 3.63) is 35.5 Å². The van der Waals surface area contributed by atoms with E-state index in [-0.39, 0.29) is 0 Å². The largest absolute Gasteiger partial charge is 0.396 e. The molecule has 0 aliphatic carbocycles. The van der Waals surface area contributed by atoms with E-state index in [9.17, 15) is 5.11 Å². The molecule has 2 aliphatic rings. The van der Waals surface area contributed by atoms with Gasteiger partial charge in [-0.3, -0.25) is 4.90 Å². The van der Waals surface area contributed by atoms with E-state index in [2.05, 4.69) is 41.1 Å². The van der Waals surface area contributed by atoms with E-state index < -0.39 is 0 Å². The molecule has 118 valence electrons. The molecule has 0 bridgehead atoms. The molecule has 1 fully saturated rings. The van der Waals surface area contributed by atoms with Crippen molar-refractivity contribution in [2.24, 2.45) is 5.41 Å². The number of hydrogen-bond donors (Lipinski definition) is 2. The molecule has 3 nitrogen and oxygen atoms in total. The Labute approximate surface area is 132 Å². The first-order valence-electron chi connectivity index (χ1n) is 8.71. The van der Waals surface area contributed by atoms with E-state index >= 15 is 0 Å². The van der Waals surface area contributed by atoms with Crippen LogP contribution in [0.3, 0.4) is 0 Å². The van der Waals surface area contributed by atoms with Gasteiger partial charge in [-0.1, -0.05) is 25.1 Å². The number of aromatic amines is 1. The molecule has 22 heavy (non-hydrogen) atoms. The van der Waals surface area contributed by atoms with Crippen molar-refractivity contribution in [1.82, 2.24) is 9.88 Å². The number of aromatic nitrogens is 1. The van der Waals surface area contributed by atoms with Crippen LogP contribution in [0.15, 0.2) is 24.3 Å². The smallest absolute Gasteiger partial charge is 0.0507 e. The summed E-state index contributed by atoms with van der Waals surface area (Å²) in [5, 5.41) is 10.6. The van der Waals surface area contributed by atoms with Crippen LogP contribution in [0.2, 0.25) is 0 Å². The minimum atomic E-state index is 0.323. The van der Waals surface area contributed by atoms with E-state index in [0.717, 1.165) is 19.3 Å². The average molecular weight is 298 g/mol. The highest BCUT2D eigenvalue weighted by molar-refractivity contribution is 5.85. The van der Waals surface area contributed by atoms with Crippen molar-refractivity contribution in [2.45, 2.75) is 45.1 Å². The fraction of sp³-hybridized carbons (Fsp3) is 0.579. The number of rotatable bonds is 4. The lowest BCUT2D eigenvalue weighted by Gasteiger charge is -2.30. The predicted molar refractivity (Wildman–Crippen MR) is 90.0 cm³/mol. The van der Waals surface area contributed by atoms with Gasteiger partial charge in [-0.15, -0.1) is 0 Å². The summed E-state index contributed by atoms with van der Waals surface area (Å²) in [5.41, 5.74) is 4.70. The highest BCUT2D eigenvalue weighted by atomic mass is 16.2. The summed E-state index contributed by atoms with van der Waals surface area (Å²) in [6.07, 6.45) is 5.71. The molecular formula is C19H26N2O. The molecule has 1 saturated heterocycles. The van der Waals surface area contributed by atoms with Gasteiger partial charge in [0.25, 0.3) is 0 Å². The van der Waals surface area contributed by atoms with Crippen molar-refractivity contribution < 1.29 is 5.11 Å². The van der Waals surface area contributed by atoms with Crippen LogP contribution in [0.5, 0.6) is 0 Å². The first kappa shape index (κ1) is 14.3. The van der Waals surface area contributed by atoms with E-state index in [1.54, 1.807) is 5.56 Å². The third kappa shape index (κ3) is 2.10. The number of fused-ring (bicyclic) bond motifs is 5. The molecule has 0 saturated carbocycles. The van der Waals surface area contributed by atoms with Crippen molar-refractivity contribution >= 4 is 10.9 Å². The number of nitrogens with one attached hydrogen (secondary N) is 1. The zero-order valence-corrected chi connectivity index (χ0v) is 13.4. The second kappa shape index (κ2) is 5.39. The van der Waals surface area contributed by atoms with Gasteiger partial charge in [-0.2, -0.15) is 0 Å². The SMILES string of the molecule is CC[C@]1(CCCO)C[C@@H]2c3[nH]c4ccccc4c3CCN2C1. The monoisotopic (exact) mass is 298 g/mol. The van der Waals surface area contributed by atoms with Crippen molar-refractivity contribution in [1.29, 1.82) is 0 Å². The highest BCUT2D eigenvalue weighted by Gasteiger charge is 2.45. The number of benzene rings is 1. The van der Waals surface area contributed by atoms with Crippen molar-refractivity contribution in [3.63, 3.8) is 0 Å². The zero-order chi connectivity index (χ0) is 15.2. The second-order valence-electron chi connectivity index (χ2n) is 7.18. The minimum Gasteiger partial charge on any atom is -0.396 e. The maximum absolute atomic E-state index is 9.23. The topological polar surface area (TPSA) is 39.3 Å². The Kier molecular flexibility index (Phi) is 3.50. The number of aliphatic hydroxyl groups excluding tert-OH is 1. The molecule has 1 aromatic heterocycles. The van der Waals surface area contributed by atoms with Gasteiger partial charge in [0.05, 0.1) is 6.04 Å². The quantitative estimate of drug-likeness (QED) is 0.904. The predicted octanol–water partition coefficient (Wildman–Crippen LogP) is 3.64. The Morgan fingerprint density at radius 2 is 2.23 bits per heavy atom.